The number of unbranched alkanes of at least 4 members (excludes halogenated alkanes) is 1. The normalized spacial score (nSPS) is 12.9. The Morgan fingerprint density at radius 1 is 1.44 bits per heavy atom. The van der Waals surface area contributed by atoms with E-state index >= 15 is 0 Å². The zero-order valence-corrected chi connectivity index (χ0v) is 10.3. The van der Waals surface area contributed by atoms with Gasteiger partial charge in [-0.2, -0.15) is 0 Å². The molecule has 1 rings (SSSR count). The lowest BCUT2D eigenvalue weighted by Gasteiger charge is -2.16. The Morgan fingerprint density at radius 2 is 2.17 bits per heavy atom. The van der Waals surface area contributed by atoms with Crippen molar-refractivity contribution in [1.29, 1.82) is 0 Å². The molecule has 0 heterocycles. The number of hydrogen-bond acceptors (Lipinski definition) is 3. The van der Waals surface area contributed by atoms with Gasteiger partial charge in [-0.15, -0.1) is 12.3 Å². The molecule has 0 fully saturated rings. The second-order valence-electron chi connectivity index (χ2n) is 4.00. The molecule has 0 spiro atoms. The minimum atomic E-state index is -0.123. The van der Waals surface area contributed by atoms with Crippen LogP contribution in [0.5, 0.6) is 0 Å². The van der Waals surface area contributed by atoms with Crippen molar-refractivity contribution in [1.82, 2.24) is 5.32 Å². The summed E-state index contributed by atoms with van der Waals surface area (Å²) in [4.78, 5) is 0. The molecule has 0 aliphatic heterocycles. The SMILES string of the molecule is C#CCCCNCC(/C(N)=N\O)c1ccccc1. The van der Waals surface area contributed by atoms with Gasteiger partial charge in [-0.1, -0.05) is 35.5 Å². The summed E-state index contributed by atoms with van der Waals surface area (Å²) in [5.41, 5.74) is 6.74. The van der Waals surface area contributed by atoms with Crippen LogP contribution in [0.4, 0.5) is 0 Å². The van der Waals surface area contributed by atoms with E-state index in [2.05, 4.69) is 16.4 Å². The first-order valence-electron chi connectivity index (χ1n) is 5.96. The van der Waals surface area contributed by atoms with Gasteiger partial charge < -0.3 is 16.3 Å². The molecule has 4 heteroatoms. The third kappa shape index (κ3) is 4.48. The van der Waals surface area contributed by atoms with Crippen LogP contribution in [0.1, 0.15) is 24.3 Å². The van der Waals surface area contributed by atoms with E-state index in [1.54, 1.807) is 0 Å². The van der Waals surface area contributed by atoms with Crippen LogP contribution >= 0.6 is 0 Å². The van der Waals surface area contributed by atoms with Gasteiger partial charge in [0.25, 0.3) is 0 Å². The predicted molar refractivity (Wildman–Crippen MR) is 73.5 cm³/mol. The van der Waals surface area contributed by atoms with Crippen molar-refractivity contribution in [3.63, 3.8) is 0 Å². The molecule has 0 amide bonds. The number of amidine groups is 1. The fraction of sp³-hybridized carbons (Fsp3) is 0.357. The van der Waals surface area contributed by atoms with Crippen LogP contribution < -0.4 is 11.1 Å². The monoisotopic (exact) mass is 245 g/mol. The second kappa shape index (κ2) is 8.15. The third-order valence-corrected chi connectivity index (χ3v) is 2.70. The first-order chi connectivity index (χ1) is 8.79. The topological polar surface area (TPSA) is 70.6 Å². The summed E-state index contributed by atoms with van der Waals surface area (Å²) in [6, 6.07) is 9.74. The van der Waals surface area contributed by atoms with Crippen molar-refractivity contribution in [3.8, 4) is 12.3 Å². The molecule has 0 saturated carbocycles. The minimum absolute atomic E-state index is 0.123. The number of nitrogens with zero attached hydrogens (tertiary/aromatic N) is 1. The van der Waals surface area contributed by atoms with E-state index in [4.69, 9.17) is 17.4 Å². The van der Waals surface area contributed by atoms with Crippen LogP contribution in [0.15, 0.2) is 35.5 Å². The van der Waals surface area contributed by atoms with Crippen LogP contribution in [0.2, 0.25) is 0 Å². The number of nitrogens with one attached hydrogen (secondary N) is 1. The average Bonchev–Trinajstić information content (AvgIpc) is 2.43. The zero-order valence-electron chi connectivity index (χ0n) is 10.3. The van der Waals surface area contributed by atoms with E-state index < -0.39 is 0 Å². The summed E-state index contributed by atoms with van der Waals surface area (Å²) >= 11 is 0. The van der Waals surface area contributed by atoms with Crippen molar-refractivity contribution < 1.29 is 5.21 Å². The zero-order chi connectivity index (χ0) is 13.2. The van der Waals surface area contributed by atoms with E-state index in [1.807, 2.05) is 30.3 Å². The maximum absolute atomic E-state index is 8.82. The molecule has 0 aromatic heterocycles. The molecule has 1 atom stereocenters. The van der Waals surface area contributed by atoms with E-state index in [9.17, 15) is 0 Å². The second-order valence-corrected chi connectivity index (χ2v) is 4.00. The quantitative estimate of drug-likeness (QED) is 0.170. The molecule has 1 unspecified atom stereocenters. The van der Waals surface area contributed by atoms with Gasteiger partial charge in [0, 0.05) is 13.0 Å². The van der Waals surface area contributed by atoms with Gasteiger partial charge >= 0.3 is 0 Å². The molecule has 0 aliphatic carbocycles. The molecule has 96 valence electrons. The smallest absolute Gasteiger partial charge is 0.147 e. The van der Waals surface area contributed by atoms with Crippen molar-refractivity contribution in [3.05, 3.63) is 35.9 Å². The standard InChI is InChI=1S/C14H19N3O/c1-2-3-7-10-16-11-13(14(15)17-18)12-8-5-4-6-9-12/h1,4-6,8-9,13,16,18H,3,7,10-11H2,(H2,15,17). The van der Waals surface area contributed by atoms with Gasteiger partial charge in [-0.05, 0) is 18.5 Å². The Balaban J connectivity index is 2.56. The maximum atomic E-state index is 8.82. The molecular formula is C14H19N3O. The summed E-state index contributed by atoms with van der Waals surface area (Å²) in [5, 5.41) is 15.2. The predicted octanol–water partition coefficient (Wildman–Crippen LogP) is 1.52. The number of terminal acetylenes is 1. The number of hydrogen-bond donors (Lipinski definition) is 3. The summed E-state index contributed by atoms with van der Waals surface area (Å²) in [7, 11) is 0. The van der Waals surface area contributed by atoms with Crippen molar-refractivity contribution >= 4 is 5.84 Å². The highest BCUT2D eigenvalue weighted by Gasteiger charge is 2.15. The van der Waals surface area contributed by atoms with E-state index in [0.29, 0.717) is 6.54 Å². The van der Waals surface area contributed by atoms with Gasteiger partial charge in [0.1, 0.15) is 5.84 Å². The largest absolute Gasteiger partial charge is 0.409 e. The number of rotatable bonds is 7. The van der Waals surface area contributed by atoms with Crippen molar-refractivity contribution in [2.75, 3.05) is 13.1 Å². The van der Waals surface area contributed by atoms with Crippen molar-refractivity contribution in [2.24, 2.45) is 10.9 Å². The molecule has 18 heavy (non-hydrogen) atoms. The molecule has 0 saturated heterocycles. The van der Waals surface area contributed by atoms with Crippen LogP contribution in [-0.4, -0.2) is 24.1 Å². The third-order valence-electron chi connectivity index (χ3n) is 2.70. The van der Waals surface area contributed by atoms with Gasteiger partial charge in [0.2, 0.25) is 0 Å². The maximum Gasteiger partial charge on any atom is 0.147 e. The minimum Gasteiger partial charge on any atom is -0.409 e. The van der Waals surface area contributed by atoms with Gasteiger partial charge in [-0.25, -0.2) is 0 Å². The Hall–Kier alpha value is -1.99. The number of oxime groups is 1. The first kappa shape index (κ1) is 14.1. The Bertz CT molecular complexity index is 409. The highest BCUT2D eigenvalue weighted by molar-refractivity contribution is 5.87. The summed E-state index contributed by atoms with van der Waals surface area (Å²) in [6.45, 7) is 1.46. The summed E-state index contributed by atoms with van der Waals surface area (Å²) in [6.07, 6.45) is 6.86. The number of benzene rings is 1. The van der Waals surface area contributed by atoms with E-state index in [-0.39, 0.29) is 11.8 Å². The molecule has 1 aromatic carbocycles. The van der Waals surface area contributed by atoms with Gasteiger partial charge in [0.05, 0.1) is 5.92 Å². The molecule has 4 N–H and O–H groups in total. The fourth-order valence-electron chi connectivity index (χ4n) is 1.71. The lowest BCUT2D eigenvalue weighted by Crippen LogP contribution is -2.32. The van der Waals surface area contributed by atoms with Crippen LogP contribution in [0.25, 0.3) is 0 Å². The van der Waals surface area contributed by atoms with Gasteiger partial charge in [-0.3, -0.25) is 0 Å². The fourth-order valence-corrected chi connectivity index (χ4v) is 1.71. The molecule has 4 nitrogen and oxygen atoms in total. The molecule has 0 radical (unpaired) electrons. The summed E-state index contributed by atoms with van der Waals surface area (Å²) in [5.74, 6) is 2.68. The molecule has 0 aliphatic rings. The number of nitrogens with two attached hydrogens (primary N) is 1. The van der Waals surface area contributed by atoms with Crippen LogP contribution in [0, 0.1) is 12.3 Å². The van der Waals surface area contributed by atoms with Crippen molar-refractivity contribution in [2.45, 2.75) is 18.8 Å². The highest BCUT2D eigenvalue weighted by atomic mass is 16.4. The molecular weight excluding hydrogens is 226 g/mol. The lowest BCUT2D eigenvalue weighted by atomic mass is 9.98. The lowest BCUT2D eigenvalue weighted by molar-refractivity contribution is 0.315. The van der Waals surface area contributed by atoms with Crippen LogP contribution in [0.3, 0.4) is 0 Å². The molecule has 0 bridgehead atoms. The Morgan fingerprint density at radius 3 is 2.78 bits per heavy atom. The highest BCUT2D eigenvalue weighted by Crippen LogP contribution is 2.14. The molecule has 1 aromatic rings. The van der Waals surface area contributed by atoms with Gasteiger partial charge in [0.15, 0.2) is 0 Å². The Kier molecular flexibility index (Phi) is 6.37. The first-order valence-corrected chi connectivity index (χ1v) is 5.96. The summed E-state index contributed by atoms with van der Waals surface area (Å²) < 4.78 is 0. The van der Waals surface area contributed by atoms with E-state index in [0.717, 1.165) is 24.9 Å². The van der Waals surface area contributed by atoms with Crippen LogP contribution in [-0.2, 0) is 0 Å². The van der Waals surface area contributed by atoms with E-state index in [1.165, 1.54) is 0 Å². The average molecular weight is 245 g/mol. The Labute approximate surface area is 108 Å².